The van der Waals surface area contributed by atoms with Gasteiger partial charge < -0.3 is 15.7 Å². The van der Waals surface area contributed by atoms with Gasteiger partial charge in [0, 0.05) is 19.5 Å². The van der Waals surface area contributed by atoms with Gasteiger partial charge in [-0.1, -0.05) is 0 Å². The molecule has 7 heteroatoms. The summed E-state index contributed by atoms with van der Waals surface area (Å²) in [6.45, 7) is 0. The smallest absolute Gasteiger partial charge is 0.253 e. The van der Waals surface area contributed by atoms with Gasteiger partial charge in [0.05, 0.1) is 12.1 Å². The van der Waals surface area contributed by atoms with Crippen LogP contribution in [0.5, 0.6) is 0 Å². The summed E-state index contributed by atoms with van der Waals surface area (Å²) in [5, 5.41) is 13.9. The predicted molar refractivity (Wildman–Crippen MR) is 50.9 cm³/mol. The lowest BCUT2D eigenvalue weighted by Crippen LogP contribution is -2.58. The fourth-order valence-corrected chi connectivity index (χ4v) is 1.74. The minimum absolute atomic E-state index is 0.266. The maximum atomic E-state index is 13.4. The van der Waals surface area contributed by atoms with E-state index < -0.39 is 36.7 Å². The van der Waals surface area contributed by atoms with E-state index in [1.807, 2.05) is 0 Å². The molecule has 1 saturated heterocycles. The summed E-state index contributed by atoms with van der Waals surface area (Å²) in [6.07, 6.45) is -6.45. The van der Waals surface area contributed by atoms with Crippen molar-refractivity contribution >= 4 is 5.91 Å². The summed E-state index contributed by atoms with van der Waals surface area (Å²) in [5.41, 5.74) is 0. The minimum Gasteiger partial charge on any atom is -0.390 e. The number of carbonyl (C=O) groups is 1. The van der Waals surface area contributed by atoms with E-state index in [9.17, 15) is 23.1 Å². The van der Waals surface area contributed by atoms with Crippen molar-refractivity contribution in [1.29, 1.82) is 0 Å². The SMILES string of the molecule is CNC(=O)CC1NC(C(F)F)CC(O)C1F. The largest absolute Gasteiger partial charge is 0.390 e. The summed E-state index contributed by atoms with van der Waals surface area (Å²) in [5.74, 6) is -0.456. The van der Waals surface area contributed by atoms with E-state index >= 15 is 0 Å². The van der Waals surface area contributed by atoms with Crippen LogP contribution >= 0.6 is 0 Å². The average Bonchev–Trinajstić information content (AvgIpc) is 2.23. The maximum absolute atomic E-state index is 13.4. The summed E-state index contributed by atoms with van der Waals surface area (Å²) >= 11 is 0. The van der Waals surface area contributed by atoms with E-state index in [4.69, 9.17) is 0 Å². The van der Waals surface area contributed by atoms with Crippen molar-refractivity contribution in [3.63, 3.8) is 0 Å². The zero-order valence-corrected chi connectivity index (χ0v) is 8.79. The van der Waals surface area contributed by atoms with Crippen LogP contribution < -0.4 is 10.6 Å². The summed E-state index contributed by atoms with van der Waals surface area (Å²) < 4.78 is 38.3. The highest BCUT2D eigenvalue weighted by Crippen LogP contribution is 2.22. The van der Waals surface area contributed by atoms with Gasteiger partial charge in [0.15, 0.2) is 0 Å². The van der Waals surface area contributed by atoms with Gasteiger partial charge >= 0.3 is 0 Å². The summed E-state index contributed by atoms with van der Waals surface area (Å²) in [7, 11) is 1.37. The van der Waals surface area contributed by atoms with Crippen LogP contribution in [0, 0.1) is 0 Å². The molecule has 4 unspecified atom stereocenters. The zero-order valence-electron chi connectivity index (χ0n) is 8.79. The molecule has 1 aliphatic rings. The van der Waals surface area contributed by atoms with Crippen LogP contribution in [0.15, 0.2) is 0 Å². The van der Waals surface area contributed by atoms with E-state index in [1.54, 1.807) is 0 Å². The van der Waals surface area contributed by atoms with Gasteiger partial charge in [-0.3, -0.25) is 4.79 Å². The molecule has 4 nitrogen and oxygen atoms in total. The van der Waals surface area contributed by atoms with Gasteiger partial charge in [-0.05, 0) is 6.42 Å². The second-order valence-corrected chi connectivity index (χ2v) is 3.84. The third-order valence-corrected chi connectivity index (χ3v) is 2.66. The molecule has 0 aromatic carbocycles. The highest BCUT2D eigenvalue weighted by atomic mass is 19.3. The van der Waals surface area contributed by atoms with Crippen molar-refractivity contribution in [2.75, 3.05) is 7.05 Å². The second kappa shape index (κ2) is 5.49. The molecule has 16 heavy (non-hydrogen) atoms. The Hall–Kier alpha value is -0.820. The third kappa shape index (κ3) is 3.08. The number of carbonyl (C=O) groups excluding carboxylic acids is 1. The van der Waals surface area contributed by atoms with E-state index in [2.05, 4.69) is 10.6 Å². The van der Waals surface area contributed by atoms with Crippen LogP contribution in [0.4, 0.5) is 13.2 Å². The summed E-state index contributed by atoms with van der Waals surface area (Å²) in [4.78, 5) is 11.0. The van der Waals surface area contributed by atoms with Crippen LogP contribution in [-0.2, 0) is 4.79 Å². The first-order chi connectivity index (χ1) is 7.45. The molecule has 1 amide bonds. The number of alkyl halides is 3. The van der Waals surface area contributed by atoms with Crippen molar-refractivity contribution < 1.29 is 23.1 Å². The second-order valence-electron chi connectivity index (χ2n) is 3.84. The van der Waals surface area contributed by atoms with Gasteiger partial charge in [0.25, 0.3) is 6.43 Å². The first kappa shape index (κ1) is 13.2. The average molecular weight is 240 g/mol. The number of hydrogen-bond acceptors (Lipinski definition) is 3. The molecule has 1 aliphatic heterocycles. The lowest BCUT2D eigenvalue weighted by atomic mass is 9.92. The zero-order chi connectivity index (χ0) is 12.3. The fourth-order valence-electron chi connectivity index (χ4n) is 1.74. The predicted octanol–water partition coefficient (Wildman–Crippen LogP) is -0.183. The Morgan fingerprint density at radius 3 is 2.75 bits per heavy atom. The van der Waals surface area contributed by atoms with Crippen molar-refractivity contribution in [2.45, 2.75) is 43.6 Å². The minimum atomic E-state index is -2.69. The molecular formula is C9H15F3N2O2. The molecule has 0 aromatic rings. The summed E-state index contributed by atoms with van der Waals surface area (Å²) in [6, 6.07) is -2.33. The van der Waals surface area contributed by atoms with Crippen LogP contribution in [0.1, 0.15) is 12.8 Å². The molecule has 0 aromatic heterocycles. The highest BCUT2D eigenvalue weighted by molar-refractivity contribution is 5.76. The van der Waals surface area contributed by atoms with Gasteiger partial charge in [-0.25, -0.2) is 13.2 Å². The topological polar surface area (TPSA) is 61.4 Å². The molecule has 3 N–H and O–H groups in total. The van der Waals surface area contributed by atoms with Gasteiger partial charge in [0.2, 0.25) is 5.91 Å². The molecule has 1 heterocycles. The van der Waals surface area contributed by atoms with Crippen molar-refractivity contribution in [2.24, 2.45) is 0 Å². The molecule has 0 radical (unpaired) electrons. The number of rotatable bonds is 3. The third-order valence-electron chi connectivity index (χ3n) is 2.66. The van der Waals surface area contributed by atoms with Crippen molar-refractivity contribution in [1.82, 2.24) is 10.6 Å². The highest BCUT2D eigenvalue weighted by Gasteiger charge is 2.40. The van der Waals surface area contributed by atoms with Crippen molar-refractivity contribution in [3.05, 3.63) is 0 Å². The molecule has 0 spiro atoms. The van der Waals surface area contributed by atoms with E-state index in [1.165, 1.54) is 7.05 Å². The Kier molecular flexibility index (Phi) is 4.55. The lowest BCUT2D eigenvalue weighted by Gasteiger charge is -2.36. The molecule has 0 saturated carbocycles. The molecule has 0 bridgehead atoms. The quantitative estimate of drug-likeness (QED) is 0.641. The van der Waals surface area contributed by atoms with Gasteiger partial charge in [0.1, 0.15) is 6.17 Å². The number of piperidine rings is 1. The van der Waals surface area contributed by atoms with Gasteiger partial charge in [-0.15, -0.1) is 0 Å². The molecule has 4 atom stereocenters. The first-order valence-corrected chi connectivity index (χ1v) is 5.02. The van der Waals surface area contributed by atoms with Crippen molar-refractivity contribution in [3.8, 4) is 0 Å². The lowest BCUT2D eigenvalue weighted by molar-refractivity contribution is -0.122. The number of aliphatic hydroxyl groups excluding tert-OH is 1. The molecule has 94 valence electrons. The van der Waals surface area contributed by atoms with E-state index in [0.717, 1.165) is 0 Å². The van der Waals surface area contributed by atoms with E-state index in [-0.39, 0.29) is 12.8 Å². The number of halogens is 3. The van der Waals surface area contributed by atoms with Gasteiger partial charge in [-0.2, -0.15) is 0 Å². The Bertz CT molecular complexity index is 253. The van der Waals surface area contributed by atoms with Crippen LogP contribution in [0.3, 0.4) is 0 Å². The monoisotopic (exact) mass is 240 g/mol. The molecule has 0 aliphatic carbocycles. The number of hydrogen-bond donors (Lipinski definition) is 3. The normalized spacial score (nSPS) is 35.1. The van der Waals surface area contributed by atoms with E-state index in [0.29, 0.717) is 0 Å². The standard InChI is InChI=1S/C9H15F3N2O2/c1-13-7(16)3-4-8(10)6(15)2-5(14-4)9(11)12/h4-6,8-9,14-15H,2-3H2,1H3,(H,13,16). The Morgan fingerprint density at radius 1 is 1.62 bits per heavy atom. The number of amides is 1. The van der Waals surface area contributed by atoms with Crippen LogP contribution in [0.2, 0.25) is 0 Å². The fraction of sp³-hybridized carbons (Fsp3) is 0.889. The Morgan fingerprint density at radius 2 is 2.25 bits per heavy atom. The molecular weight excluding hydrogens is 225 g/mol. The first-order valence-electron chi connectivity index (χ1n) is 5.02. The van der Waals surface area contributed by atoms with Crippen LogP contribution in [-0.4, -0.2) is 48.8 Å². The van der Waals surface area contributed by atoms with Crippen LogP contribution in [0.25, 0.3) is 0 Å². The molecule has 1 rings (SSSR count). The Labute approximate surface area is 91.2 Å². The number of aliphatic hydroxyl groups is 1. The maximum Gasteiger partial charge on any atom is 0.253 e. The molecule has 1 fully saturated rings. The Balaban J connectivity index is 2.62. The number of nitrogens with one attached hydrogen (secondary N) is 2.